The first-order valence-corrected chi connectivity index (χ1v) is 19.4. The molecule has 7 rings (SSSR count). The Morgan fingerprint density at radius 3 is 1.08 bits per heavy atom. The van der Waals surface area contributed by atoms with Crippen LogP contribution in [0.3, 0.4) is 0 Å². The summed E-state index contributed by atoms with van der Waals surface area (Å²) in [6, 6.07) is 40.5. The lowest BCUT2D eigenvalue weighted by atomic mass is 9.87. The van der Waals surface area contributed by atoms with E-state index in [1.807, 2.05) is 54.6 Å². The van der Waals surface area contributed by atoms with Gasteiger partial charge in [0.15, 0.2) is 0 Å². The zero-order valence-electron chi connectivity index (χ0n) is 27.0. The van der Waals surface area contributed by atoms with E-state index in [0.29, 0.717) is 11.5 Å². The van der Waals surface area contributed by atoms with E-state index in [0.717, 1.165) is 65.3 Å². The summed E-state index contributed by atoms with van der Waals surface area (Å²) >= 11 is 0. The van der Waals surface area contributed by atoms with Gasteiger partial charge in [0.05, 0.1) is 24.7 Å². The molecule has 2 N–H and O–H groups in total. The first kappa shape index (κ1) is 33.5. The van der Waals surface area contributed by atoms with E-state index in [2.05, 4.69) is 60.7 Å². The average molecular weight is 707 g/mol. The van der Waals surface area contributed by atoms with Crippen molar-refractivity contribution in [1.82, 2.24) is 0 Å². The van der Waals surface area contributed by atoms with Crippen molar-refractivity contribution in [3.63, 3.8) is 0 Å². The fraction of sp³-hybridized carbons (Fsp3) is 0.150. The van der Waals surface area contributed by atoms with Gasteiger partial charge in [0.2, 0.25) is 0 Å². The van der Waals surface area contributed by atoms with Gasteiger partial charge >= 0.3 is 0 Å². The zero-order valence-corrected chi connectivity index (χ0v) is 28.6. The minimum Gasteiger partial charge on any atom is -0.493 e. The second kappa shape index (κ2) is 13.7. The Bertz CT molecular complexity index is 2330. The maximum absolute atomic E-state index is 11.5. The summed E-state index contributed by atoms with van der Waals surface area (Å²) in [5, 5.41) is 8.08. The number of hydrogen-bond acceptors (Lipinski definition) is 6. The highest BCUT2D eigenvalue weighted by molar-refractivity contribution is 7.86. The van der Waals surface area contributed by atoms with Gasteiger partial charge in [-0.15, -0.1) is 0 Å². The number of benzene rings is 7. The van der Waals surface area contributed by atoms with Gasteiger partial charge in [0.1, 0.15) is 11.5 Å². The SMILES string of the molecule is O=S(=O)(O)CCCOc1cc(OCCCS(=O)(=O)O)c(-c2c3ccccc3cc3ccccc23)cc1-c1c2ccccc2cc2ccccc12. The molecule has 0 aliphatic heterocycles. The normalized spacial score (nSPS) is 12.2. The molecule has 0 radical (unpaired) electrons. The number of rotatable bonds is 12. The maximum atomic E-state index is 11.5. The van der Waals surface area contributed by atoms with Crippen molar-refractivity contribution in [2.24, 2.45) is 0 Å². The highest BCUT2D eigenvalue weighted by atomic mass is 32.2. The van der Waals surface area contributed by atoms with E-state index >= 15 is 0 Å². The molecule has 0 saturated carbocycles. The van der Waals surface area contributed by atoms with Crippen LogP contribution in [0.2, 0.25) is 0 Å². The third-order valence-corrected chi connectivity index (χ3v) is 10.4. The van der Waals surface area contributed by atoms with Crippen molar-refractivity contribution >= 4 is 63.3 Å². The van der Waals surface area contributed by atoms with Crippen molar-refractivity contribution in [2.45, 2.75) is 12.8 Å². The minimum absolute atomic E-state index is 0.00572. The summed E-state index contributed by atoms with van der Waals surface area (Å²) in [4.78, 5) is 0. The predicted octanol–water partition coefficient (Wildman–Crippen LogP) is 8.95. The molecule has 50 heavy (non-hydrogen) atoms. The van der Waals surface area contributed by atoms with Crippen LogP contribution in [0.4, 0.5) is 0 Å². The molecular formula is C40H34O8S2. The third-order valence-electron chi connectivity index (χ3n) is 8.77. The lowest BCUT2D eigenvalue weighted by Crippen LogP contribution is -2.10. The number of fused-ring (bicyclic) bond motifs is 4. The third kappa shape index (κ3) is 7.15. The van der Waals surface area contributed by atoms with Gasteiger partial charge in [0, 0.05) is 28.3 Å². The monoisotopic (exact) mass is 706 g/mol. The molecule has 0 aliphatic rings. The second-order valence-electron chi connectivity index (χ2n) is 12.2. The molecule has 0 heterocycles. The van der Waals surface area contributed by atoms with Crippen LogP contribution >= 0.6 is 0 Å². The standard InChI is InChI=1S/C40H34O8S2/c41-49(42,43)21-9-19-47-37-26-38(48-20-10-22-50(44,45)46)36(40-33-17-7-3-13-29(33)24-30-14-4-8-18-34(30)40)25-35(37)39-31-15-5-1-11-27(31)23-28-12-2-6-16-32(28)39/h1-8,11-18,23-26H,9-10,19-22H2,(H,41,42,43)(H,44,45,46). The summed E-state index contributed by atoms with van der Waals surface area (Å²) in [5.74, 6) is -0.0585. The Morgan fingerprint density at radius 1 is 0.440 bits per heavy atom. The molecule has 7 aromatic carbocycles. The van der Waals surface area contributed by atoms with E-state index in [1.165, 1.54) is 0 Å². The van der Waals surface area contributed by atoms with E-state index in [-0.39, 0.29) is 26.1 Å². The molecule has 10 heteroatoms. The van der Waals surface area contributed by atoms with Crippen LogP contribution in [0.25, 0.3) is 65.3 Å². The quantitative estimate of drug-likeness (QED) is 0.0733. The van der Waals surface area contributed by atoms with E-state index < -0.39 is 31.7 Å². The molecule has 8 nitrogen and oxygen atoms in total. The first-order chi connectivity index (χ1) is 24.1. The molecule has 0 unspecified atom stereocenters. The fourth-order valence-corrected chi connectivity index (χ4v) is 7.61. The summed E-state index contributed by atoms with van der Waals surface area (Å²) in [6.45, 7) is -0.0114. The smallest absolute Gasteiger partial charge is 0.264 e. The summed E-state index contributed by atoms with van der Waals surface area (Å²) in [5.41, 5.74) is 3.35. The molecule has 0 bridgehead atoms. The fourth-order valence-electron chi connectivity index (χ4n) is 6.65. The van der Waals surface area contributed by atoms with Gasteiger partial charge in [-0.2, -0.15) is 16.8 Å². The van der Waals surface area contributed by atoms with Gasteiger partial charge in [-0.3, -0.25) is 9.11 Å². The van der Waals surface area contributed by atoms with Crippen LogP contribution in [0.1, 0.15) is 12.8 Å². The molecular weight excluding hydrogens is 673 g/mol. The van der Waals surface area contributed by atoms with E-state index in [1.54, 1.807) is 6.07 Å². The highest BCUT2D eigenvalue weighted by Gasteiger charge is 2.22. The Balaban J connectivity index is 1.53. The maximum Gasteiger partial charge on any atom is 0.264 e. The molecule has 0 fully saturated rings. The molecule has 0 aliphatic carbocycles. The number of ether oxygens (including phenoxy) is 2. The lowest BCUT2D eigenvalue weighted by molar-refractivity contribution is 0.302. The van der Waals surface area contributed by atoms with Crippen LogP contribution in [0.5, 0.6) is 11.5 Å². The van der Waals surface area contributed by atoms with Crippen LogP contribution in [0, 0.1) is 0 Å². The van der Waals surface area contributed by atoms with Crippen molar-refractivity contribution in [3.05, 3.63) is 121 Å². The summed E-state index contributed by atoms with van der Waals surface area (Å²) in [7, 11) is -8.38. The van der Waals surface area contributed by atoms with Gasteiger partial charge in [-0.1, -0.05) is 97.1 Å². The first-order valence-electron chi connectivity index (χ1n) is 16.2. The Morgan fingerprint density at radius 2 is 0.760 bits per heavy atom. The minimum atomic E-state index is -4.19. The second-order valence-corrected chi connectivity index (χ2v) is 15.4. The molecule has 0 aromatic heterocycles. The average Bonchev–Trinajstić information content (AvgIpc) is 3.09. The van der Waals surface area contributed by atoms with Crippen molar-refractivity contribution in [1.29, 1.82) is 0 Å². The Kier molecular flexibility index (Phi) is 9.19. The van der Waals surface area contributed by atoms with Crippen molar-refractivity contribution in [2.75, 3.05) is 24.7 Å². The van der Waals surface area contributed by atoms with Crippen molar-refractivity contribution in [3.8, 4) is 33.8 Å². The van der Waals surface area contributed by atoms with Gasteiger partial charge < -0.3 is 9.47 Å². The highest BCUT2D eigenvalue weighted by Crippen LogP contribution is 2.48. The van der Waals surface area contributed by atoms with Gasteiger partial charge in [-0.05, 0) is 74.1 Å². The molecule has 0 saturated heterocycles. The van der Waals surface area contributed by atoms with Gasteiger partial charge in [-0.25, -0.2) is 0 Å². The van der Waals surface area contributed by atoms with E-state index in [4.69, 9.17) is 9.47 Å². The van der Waals surface area contributed by atoms with Crippen molar-refractivity contribution < 1.29 is 35.4 Å². The molecule has 0 spiro atoms. The largest absolute Gasteiger partial charge is 0.493 e. The Hall–Kier alpha value is -5.00. The van der Waals surface area contributed by atoms with E-state index in [9.17, 15) is 25.9 Å². The lowest BCUT2D eigenvalue weighted by Gasteiger charge is -2.22. The summed E-state index contributed by atoms with van der Waals surface area (Å²) in [6.07, 6.45) is 0.101. The topological polar surface area (TPSA) is 127 Å². The molecule has 7 aromatic rings. The predicted molar refractivity (Wildman–Crippen MR) is 200 cm³/mol. The Labute approximate surface area is 290 Å². The molecule has 0 amide bonds. The van der Waals surface area contributed by atoms with Crippen LogP contribution < -0.4 is 9.47 Å². The van der Waals surface area contributed by atoms with Gasteiger partial charge in [0.25, 0.3) is 20.2 Å². The van der Waals surface area contributed by atoms with Crippen LogP contribution in [0.15, 0.2) is 121 Å². The summed E-state index contributed by atoms with van der Waals surface area (Å²) < 4.78 is 77.6. The van der Waals surface area contributed by atoms with Crippen LogP contribution in [-0.2, 0) is 20.2 Å². The zero-order chi connectivity index (χ0) is 34.9. The number of hydrogen-bond donors (Lipinski definition) is 2. The van der Waals surface area contributed by atoms with Crippen LogP contribution in [-0.4, -0.2) is 50.7 Å². The molecule has 254 valence electrons. The molecule has 0 atom stereocenters.